The molecule has 0 spiro atoms. The molecule has 3 aliphatic rings. The van der Waals surface area contributed by atoms with E-state index >= 15 is 0 Å². The van der Waals surface area contributed by atoms with Crippen molar-refractivity contribution in [1.29, 1.82) is 0 Å². The molecule has 56 heavy (non-hydrogen) atoms. The average molecular weight is 928 g/mol. The summed E-state index contributed by atoms with van der Waals surface area (Å²) in [6.07, 6.45) is 5.63. The molecule has 0 radical (unpaired) electrons. The third-order valence-electron chi connectivity index (χ3n) is 14.3. The first-order valence-electron chi connectivity index (χ1n) is 21.7. The van der Waals surface area contributed by atoms with Gasteiger partial charge in [0.05, 0.1) is 0 Å². The fourth-order valence-corrected chi connectivity index (χ4v) is 44.0. The van der Waals surface area contributed by atoms with E-state index in [1.807, 2.05) is 10.4 Å². The second-order valence-corrected chi connectivity index (χ2v) is 45.7. The summed E-state index contributed by atoms with van der Waals surface area (Å²) in [7, 11) is -2.22. The van der Waals surface area contributed by atoms with Crippen molar-refractivity contribution in [2.45, 2.75) is 160 Å². The van der Waals surface area contributed by atoms with E-state index in [4.69, 9.17) is 0 Å². The first-order valence-corrected chi connectivity index (χ1v) is 35.2. The monoisotopic (exact) mass is 928 g/mol. The van der Waals surface area contributed by atoms with Crippen molar-refractivity contribution in [2.24, 2.45) is 0 Å². The van der Waals surface area contributed by atoms with Gasteiger partial charge in [-0.15, -0.1) is 0 Å². The molecule has 1 fully saturated rings. The van der Waals surface area contributed by atoms with Crippen LogP contribution in [-0.4, -0.2) is 8.07 Å². The predicted molar refractivity (Wildman–Crippen MR) is 248 cm³/mol. The van der Waals surface area contributed by atoms with Crippen molar-refractivity contribution in [2.75, 3.05) is 0 Å². The van der Waals surface area contributed by atoms with Gasteiger partial charge in [-0.25, -0.2) is 0 Å². The van der Waals surface area contributed by atoms with Crippen LogP contribution < -0.4 is 0 Å². The number of hydrogen-bond acceptors (Lipinski definition) is 0. The van der Waals surface area contributed by atoms with Crippen LogP contribution in [0.15, 0.2) is 83.2 Å². The molecule has 1 heterocycles. The van der Waals surface area contributed by atoms with Gasteiger partial charge < -0.3 is 0 Å². The number of hydrogen-bond donors (Lipinski definition) is 0. The number of benzene rings is 4. The fourth-order valence-electron chi connectivity index (χ4n) is 11.3. The van der Waals surface area contributed by atoms with E-state index in [0.717, 1.165) is 0 Å². The molecule has 0 aromatic heterocycles. The zero-order valence-corrected chi connectivity index (χ0v) is 43.0. The van der Waals surface area contributed by atoms with Crippen LogP contribution in [0.3, 0.4) is 0 Å². The molecule has 2 unspecified atom stereocenters. The summed E-state index contributed by atoms with van der Waals surface area (Å²) in [5.74, 6) is 0. The summed E-state index contributed by atoms with van der Waals surface area (Å²) in [4.78, 5) is 0. The van der Waals surface area contributed by atoms with Crippen LogP contribution in [-0.2, 0) is 41.6 Å². The summed E-state index contributed by atoms with van der Waals surface area (Å²) in [5, 5.41) is 3.75. The van der Waals surface area contributed by atoms with Crippen LogP contribution in [0.5, 0.6) is 0 Å². The van der Waals surface area contributed by atoms with Gasteiger partial charge >= 0.3 is 350 Å². The van der Waals surface area contributed by atoms with E-state index < -0.39 is 28.0 Å². The van der Waals surface area contributed by atoms with Crippen molar-refractivity contribution in [3.05, 3.63) is 128 Å². The van der Waals surface area contributed by atoms with Gasteiger partial charge in [-0.05, 0) is 0 Å². The van der Waals surface area contributed by atoms with Crippen molar-refractivity contribution < 1.29 is 20.0 Å². The Labute approximate surface area is 348 Å². The first kappa shape index (κ1) is 41.6. The standard InChI is InChI=1S/C52H66Si.2CH3.Hf/c1-33(2)53(34(3)4,43-27-35-19-17-21-45(47(35)31-43)37-23-39(49(5,6)7)29-40(24-37)50(8,9)10)44-28-36-20-18-22-46(48(36)32-44)38-25-41(51(11,12)13)30-42(26-38)52(14,15)16;;;/h17-34H,1-16H3;2*1H3;. The van der Waals surface area contributed by atoms with E-state index in [0.29, 0.717) is 18.4 Å². The van der Waals surface area contributed by atoms with Gasteiger partial charge in [-0.1, -0.05) is 0 Å². The second kappa shape index (κ2) is 13.5. The molecule has 0 nitrogen and oxygen atoms in total. The molecule has 1 saturated heterocycles. The third-order valence-corrected chi connectivity index (χ3v) is 38.0. The zero-order chi connectivity index (χ0) is 41.3. The van der Waals surface area contributed by atoms with E-state index in [9.17, 15) is 0 Å². The SMILES string of the molecule is CC(C)[Si]1(C(C)C)C2=Cc3c(-c4cc(C(C)(C)C)cc(C(C)(C)C)c4)cccc3[CH]2[Hf]([CH3])([CH3])[CH]2C1=Cc1c(-c3cc(C(C)(C)C)cc(C(C)(C)C)c3)cccc12. The minimum atomic E-state index is -3.27. The summed E-state index contributed by atoms with van der Waals surface area (Å²) in [5.41, 5.74) is 19.3. The van der Waals surface area contributed by atoms with Crippen LogP contribution in [0.1, 0.15) is 163 Å². The molecule has 0 N–H and O–H groups in total. The molecular weight excluding hydrogens is 855 g/mol. The third kappa shape index (κ3) is 6.54. The number of fused-ring (bicyclic) bond motifs is 6. The molecule has 2 heteroatoms. The molecule has 4 aromatic rings. The van der Waals surface area contributed by atoms with E-state index in [1.165, 1.54) is 55.6 Å². The molecule has 4 aromatic carbocycles. The topological polar surface area (TPSA) is 0 Å². The van der Waals surface area contributed by atoms with Gasteiger partial charge in [-0.3, -0.25) is 0 Å². The number of allylic oxidation sites excluding steroid dienone is 2. The minimum absolute atomic E-state index is 0.0787. The summed E-state index contributed by atoms with van der Waals surface area (Å²) in [6, 6.07) is 29.8. The Bertz CT molecular complexity index is 2050. The van der Waals surface area contributed by atoms with Crippen LogP contribution in [0.25, 0.3) is 34.4 Å². The first-order chi connectivity index (χ1) is 25.7. The van der Waals surface area contributed by atoms with E-state index in [2.05, 4.69) is 205 Å². The van der Waals surface area contributed by atoms with Crippen LogP contribution in [0, 0.1) is 0 Å². The maximum atomic E-state index is 2.84. The van der Waals surface area contributed by atoms with Crippen molar-refractivity contribution in [3.63, 3.8) is 0 Å². The predicted octanol–water partition coefficient (Wildman–Crippen LogP) is 16.4. The Balaban J connectivity index is 1.49. The van der Waals surface area contributed by atoms with Gasteiger partial charge in [0, 0.05) is 0 Å². The summed E-state index contributed by atoms with van der Waals surface area (Å²) >= 11 is -3.27. The fraction of sp³-hybridized carbons (Fsp3) is 0.481. The Kier molecular flexibility index (Phi) is 10.0. The van der Waals surface area contributed by atoms with Gasteiger partial charge in [0.2, 0.25) is 0 Å². The molecular formula is C54H72HfSi. The van der Waals surface area contributed by atoms with Crippen LogP contribution in [0.2, 0.25) is 20.4 Å². The normalized spacial score (nSPS) is 20.1. The molecule has 0 bridgehead atoms. The Morgan fingerprint density at radius 3 is 1.04 bits per heavy atom. The average Bonchev–Trinajstić information content (AvgIpc) is 3.67. The maximum absolute atomic E-state index is 3.27. The Morgan fingerprint density at radius 2 is 0.768 bits per heavy atom. The van der Waals surface area contributed by atoms with Crippen LogP contribution >= 0.6 is 0 Å². The molecule has 2 aliphatic carbocycles. The molecule has 7 rings (SSSR count). The van der Waals surface area contributed by atoms with Gasteiger partial charge in [0.25, 0.3) is 0 Å². The quantitative estimate of drug-likeness (QED) is 0.179. The van der Waals surface area contributed by atoms with E-state index in [1.54, 1.807) is 11.1 Å². The van der Waals surface area contributed by atoms with Gasteiger partial charge in [0.1, 0.15) is 0 Å². The van der Waals surface area contributed by atoms with Crippen LogP contribution in [0.4, 0.5) is 0 Å². The summed E-state index contributed by atoms with van der Waals surface area (Å²) < 4.78 is 6.88. The van der Waals surface area contributed by atoms with Crippen molar-refractivity contribution in [1.82, 2.24) is 0 Å². The van der Waals surface area contributed by atoms with Crippen molar-refractivity contribution in [3.8, 4) is 22.3 Å². The van der Waals surface area contributed by atoms with Gasteiger partial charge in [0.15, 0.2) is 0 Å². The van der Waals surface area contributed by atoms with E-state index in [-0.39, 0.29) is 21.7 Å². The summed E-state index contributed by atoms with van der Waals surface area (Å²) in [6.45, 7) is 38.8. The molecule has 0 amide bonds. The van der Waals surface area contributed by atoms with Crippen molar-refractivity contribution >= 4 is 20.2 Å². The van der Waals surface area contributed by atoms with Gasteiger partial charge in [-0.2, -0.15) is 0 Å². The Hall–Kier alpha value is -2.55. The molecule has 2 atom stereocenters. The molecule has 296 valence electrons. The Morgan fingerprint density at radius 1 is 0.464 bits per heavy atom. The molecule has 1 aliphatic heterocycles. The number of rotatable bonds is 4. The molecule has 0 saturated carbocycles. The second-order valence-electron chi connectivity index (χ2n) is 23.3. The zero-order valence-electron chi connectivity index (χ0n) is 38.4.